The maximum absolute atomic E-state index is 11.9. The Labute approximate surface area is 119 Å². The van der Waals surface area contributed by atoms with Gasteiger partial charge in [-0.1, -0.05) is 12.1 Å². The molecule has 1 amide bonds. The molecule has 1 aromatic rings. The number of rotatable bonds is 5. The van der Waals surface area contributed by atoms with Crippen LogP contribution in [0.3, 0.4) is 0 Å². The second-order valence-corrected chi connectivity index (χ2v) is 5.25. The standard InChI is InChI=1S/C15H22N2O3/c1-12-4-2-5-13(8-12)17-14(18)9-20-15(10-16)6-3-7-19-11-15/h2,4-5,8H,3,6-7,9-11,16H2,1H3,(H,17,18). The van der Waals surface area contributed by atoms with Gasteiger partial charge in [-0.3, -0.25) is 4.79 Å². The third kappa shape index (κ3) is 4.03. The Bertz CT molecular complexity index is 456. The number of anilines is 1. The monoisotopic (exact) mass is 278 g/mol. The van der Waals surface area contributed by atoms with E-state index in [9.17, 15) is 4.79 Å². The topological polar surface area (TPSA) is 73.6 Å². The summed E-state index contributed by atoms with van der Waals surface area (Å²) in [7, 11) is 0. The molecule has 2 rings (SSSR count). The Morgan fingerprint density at radius 3 is 3.05 bits per heavy atom. The molecule has 0 bridgehead atoms. The van der Waals surface area contributed by atoms with Gasteiger partial charge >= 0.3 is 0 Å². The minimum atomic E-state index is -0.512. The summed E-state index contributed by atoms with van der Waals surface area (Å²) in [6.07, 6.45) is 1.75. The number of ether oxygens (including phenoxy) is 2. The molecule has 1 heterocycles. The third-order valence-electron chi connectivity index (χ3n) is 3.47. The SMILES string of the molecule is Cc1cccc(NC(=O)COC2(CN)CCCOC2)c1. The van der Waals surface area contributed by atoms with E-state index >= 15 is 0 Å². The summed E-state index contributed by atoms with van der Waals surface area (Å²) in [5, 5.41) is 2.82. The van der Waals surface area contributed by atoms with Crippen LogP contribution in [0.1, 0.15) is 18.4 Å². The number of carbonyl (C=O) groups is 1. The van der Waals surface area contributed by atoms with Gasteiger partial charge in [0.05, 0.1) is 6.61 Å². The summed E-state index contributed by atoms with van der Waals surface area (Å²) >= 11 is 0. The zero-order chi connectivity index (χ0) is 14.4. The van der Waals surface area contributed by atoms with Gasteiger partial charge in [0.15, 0.2) is 0 Å². The molecule has 1 aliphatic rings. The smallest absolute Gasteiger partial charge is 0.250 e. The molecule has 0 aromatic heterocycles. The van der Waals surface area contributed by atoms with E-state index in [1.54, 1.807) is 0 Å². The van der Waals surface area contributed by atoms with E-state index in [-0.39, 0.29) is 12.5 Å². The lowest BCUT2D eigenvalue weighted by Gasteiger charge is -2.35. The zero-order valence-electron chi connectivity index (χ0n) is 11.9. The van der Waals surface area contributed by atoms with Crippen LogP contribution in [0.4, 0.5) is 5.69 Å². The van der Waals surface area contributed by atoms with Crippen LogP contribution in [-0.2, 0) is 14.3 Å². The van der Waals surface area contributed by atoms with Crippen LogP contribution in [0, 0.1) is 6.92 Å². The van der Waals surface area contributed by atoms with E-state index in [2.05, 4.69) is 5.32 Å². The van der Waals surface area contributed by atoms with Crippen molar-refractivity contribution in [1.82, 2.24) is 0 Å². The van der Waals surface area contributed by atoms with E-state index in [1.807, 2.05) is 31.2 Å². The first-order valence-corrected chi connectivity index (χ1v) is 6.92. The molecule has 20 heavy (non-hydrogen) atoms. The van der Waals surface area contributed by atoms with Crippen LogP contribution in [-0.4, -0.2) is 37.9 Å². The average Bonchev–Trinajstić information content (AvgIpc) is 2.46. The van der Waals surface area contributed by atoms with E-state index in [0.717, 1.165) is 30.7 Å². The van der Waals surface area contributed by atoms with E-state index in [0.29, 0.717) is 13.2 Å². The Morgan fingerprint density at radius 1 is 1.55 bits per heavy atom. The molecule has 1 saturated heterocycles. The van der Waals surface area contributed by atoms with Crippen molar-refractivity contribution in [2.45, 2.75) is 25.4 Å². The highest BCUT2D eigenvalue weighted by Gasteiger charge is 2.33. The van der Waals surface area contributed by atoms with E-state index in [1.165, 1.54) is 0 Å². The number of amides is 1. The van der Waals surface area contributed by atoms with Crippen LogP contribution >= 0.6 is 0 Å². The highest BCUT2D eigenvalue weighted by molar-refractivity contribution is 5.91. The second-order valence-electron chi connectivity index (χ2n) is 5.25. The lowest BCUT2D eigenvalue weighted by atomic mass is 9.96. The fourth-order valence-electron chi connectivity index (χ4n) is 2.30. The number of hydrogen-bond acceptors (Lipinski definition) is 4. The maximum Gasteiger partial charge on any atom is 0.250 e. The minimum Gasteiger partial charge on any atom is -0.378 e. The summed E-state index contributed by atoms with van der Waals surface area (Å²) in [5.74, 6) is -0.172. The molecule has 3 N–H and O–H groups in total. The maximum atomic E-state index is 11.9. The first-order valence-electron chi connectivity index (χ1n) is 6.92. The Balaban J connectivity index is 1.85. The van der Waals surface area contributed by atoms with Gasteiger partial charge in [-0.25, -0.2) is 0 Å². The largest absolute Gasteiger partial charge is 0.378 e. The molecule has 0 radical (unpaired) electrons. The van der Waals surface area contributed by atoms with Crippen LogP contribution in [0.25, 0.3) is 0 Å². The van der Waals surface area contributed by atoms with Crippen molar-refractivity contribution < 1.29 is 14.3 Å². The fourth-order valence-corrected chi connectivity index (χ4v) is 2.30. The van der Waals surface area contributed by atoms with Gasteiger partial charge in [-0.15, -0.1) is 0 Å². The molecular weight excluding hydrogens is 256 g/mol. The zero-order valence-corrected chi connectivity index (χ0v) is 11.9. The van der Waals surface area contributed by atoms with Crippen molar-refractivity contribution in [2.75, 3.05) is 31.7 Å². The van der Waals surface area contributed by atoms with Crippen molar-refractivity contribution in [1.29, 1.82) is 0 Å². The predicted molar refractivity (Wildman–Crippen MR) is 77.6 cm³/mol. The van der Waals surface area contributed by atoms with Crippen molar-refractivity contribution >= 4 is 11.6 Å². The van der Waals surface area contributed by atoms with Crippen molar-refractivity contribution in [2.24, 2.45) is 5.73 Å². The Hall–Kier alpha value is -1.43. The molecule has 5 nitrogen and oxygen atoms in total. The third-order valence-corrected chi connectivity index (χ3v) is 3.47. The van der Waals surface area contributed by atoms with Crippen molar-refractivity contribution in [3.8, 4) is 0 Å². The summed E-state index contributed by atoms with van der Waals surface area (Å²) < 4.78 is 11.1. The minimum absolute atomic E-state index is 0.00545. The molecular formula is C15H22N2O3. The Morgan fingerprint density at radius 2 is 2.40 bits per heavy atom. The van der Waals surface area contributed by atoms with Crippen LogP contribution in [0.15, 0.2) is 24.3 Å². The van der Waals surface area contributed by atoms with Crippen LogP contribution < -0.4 is 11.1 Å². The fraction of sp³-hybridized carbons (Fsp3) is 0.533. The molecule has 0 aliphatic carbocycles. The lowest BCUT2D eigenvalue weighted by molar-refractivity contribution is -0.143. The summed E-state index contributed by atoms with van der Waals surface area (Å²) in [6.45, 7) is 3.54. The van der Waals surface area contributed by atoms with Gasteiger partial charge in [0, 0.05) is 18.8 Å². The number of nitrogens with two attached hydrogens (primary N) is 1. The number of hydrogen-bond donors (Lipinski definition) is 2. The van der Waals surface area contributed by atoms with Gasteiger partial charge in [0.2, 0.25) is 5.91 Å². The van der Waals surface area contributed by atoms with Gasteiger partial charge < -0.3 is 20.5 Å². The van der Waals surface area contributed by atoms with Crippen molar-refractivity contribution in [3.63, 3.8) is 0 Å². The molecule has 5 heteroatoms. The second kappa shape index (κ2) is 6.83. The van der Waals surface area contributed by atoms with E-state index in [4.69, 9.17) is 15.2 Å². The predicted octanol–water partition coefficient (Wildman–Crippen LogP) is 1.46. The normalized spacial score (nSPS) is 22.5. The van der Waals surface area contributed by atoms with Crippen molar-refractivity contribution in [3.05, 3.63) is 29.8 Å². The molecule has 0 spiro atoms. The van der Waals surface area contributed by atoms with Crippen LogP contribution in [0.5, 0.6) is 0 Å². The molecule has 1 fully saturated rings. The first-order chi connectivity index (χ1) is 9.63. The first kappa shape index (κ1) is 15.0. The lowest BCUT2D eigenvalue weighted by Crippen LogP contribution is -2.49. The number of aryl methyl sites for hydroxylation is 1. The quantitative estimate of drug-likeness (QED) is 0.855. The number of carbonyl (C=O) groups excluding carboxylic acids is 1. The molecule has 1 atom stereocenters. The highest BCUT2D eigenvalue weighted by atomic mass is 16.5. The van der Waals surface area contributed by atoms with E-state index < -0.39 is 5.60 Å². The number of nitrogens with one attached hydrogen (secondary N) is 1. The Kier molecular flexibility index (Phi) is 5.11. The molecule has 0 saturated carbocycles. The van der Waals surface area contributed by atoms with Gasteiger partial charge in [-0.2, -0.15) is 0 Å². The molecule has 1 aromatic carbocycles. The summed E-state index contributed by atoms with van der Waals surface area (Å²) in [5.41, 5.74) is 7.13. The van der Waals surface area contributed by atoms with Crippen LogP contribution in [0.2, 0.25) is 0 Å². The number of benzene rings is 1. The van der Waals surface area contributed by atoms with Gasteiger partial charge in [0.25, 0.3) is 0 Å². The molecule has 110 valence electrons. The summed E-state index contributed by atoms with van der Waals surface area (Å²) in [4.78, 5) is 11.9. The summed E-state index contributed by atoms with van der Waals surface area (Å²) in [6, 6.07) is 7.66. The van der Waals surface area contributed by atoms with Gasteiger partial charge in [0.1, 0.15) is 12.2 Å². The molecule has 1 aliphatic heterocycles. The van der Waals surface area contributed by atoms with Gasteiger partial charge in [-0.05, 0) is 37.5 Å². The highest BCUT2D eigenvalue weighted by Crippen LogP contribution is 2.22. The molecule has 1 unspecified atom stereocenters. The average molecular weight is 278 g/mol.